The Morgan fingerprint density at radius 1 is 1.56 bits per heavy atom. The summed E-state index contributed by atoms with van der Waals surface area (Å²) in [5, 5.41) is 0. The molecule has 2 rings (SSSR count). The number of furan rings is 1. The van der Waals surface area contributed by atoms with Crippen LogP contribution in [-0.4, -0.2) is 4.98 Å². The molecule has 86 valence electrons. The summed E-state index contributed by atoms with van der Waals surface area (Å²) in [6.45, 7) is 2.07. The van der Waals surface area contributed by atoms with Crippen LogP contribution >= 0.6 is 11.3 Å². The van der Waals surface area contributed by atoms with Gasteiger partial charge in [0.05, 0.1) is 11.6 Å². The molecule has 0 bridgehead atoms. The number of nitrogens with two attached hydrogens (primary N) is 1. The molecule has 0 spiro atoms. The number of hydrazine groups is 1. The van der Waals surface area contributed by atoms with Crippen molar-refractivity contribution < 1.29 is 4.42 Å². The molecule has 3 N–H and O–H groups in total. The monoisotopic (exact) mass is 237 g/mol. The highest BCUT2D eigenvalue weighted by Gasteiger charge is 2.15. The third-order valence-corrected chi connectivity index (χ3v) is 3.27. The first kappa shape index (κ1) is 11.3. The van der Waals surface area contributed by atoms with E-state index in [0.29, 0.717) is 0 Å². The van der Waals surface area contributed by atoms with Crippen molar-refractivity contribution in [1.29, 1.82) is 0 Å². The van der Waals surface area contributed by atoms with Gasteiger partial charge < -0.3 is 4.42 Å². The second-order valence-electron chi connectivity index (χ2n) is 3.55. The van der Waals surface area contributed by atoms with E-state index < -0.39 is 0 Å². The molecule has 0 aliphatic rings. The van der Waals surface area contributed by atoms with Crippen molar-refractivity contribution in [2.45, 2.75) is 25.8 Å². The number of thiazole rings is 1. The van der Waals surface area contributed by atoms with E-state index in [9.17, 15) is 0 Å². The van der Waals surface area contributed by atoms with Crippen LogP contribution in [0.25, 0.3) is 0 Å². The van der Waals surface area contributed by atoms with Crippen LogP contribution in [0.5, 0.6) is 0 Å². The van der Waals surface area contributed by atoms with Crippen molar-refractivity contribution in [2.24, 2.45) is 5.84 Å². The minimum atomic E-state index is 0.0146. The molecule has 0 fully saturated rings. The molecule has 0 amide bonds. The standard InChI is InChI=1S/C11H15N3OS/c1-2-8-3-4-11(15-8)10(14-12)5-9-6-13-7-16-9/h3-4,6-7,10,14H,2,5,12H2,1H3. The number of rotatable bonds is 5. The van der Waals surface area contributed by atoms with Gasteiger partial charge in [-0.15, -0.1) is 11.3 Å². The van der Waals surface area contributed by atoms with E-state index in [-0.39, 0.29) is 6.04 Å². The number of nitrogens with one attached hydrogen (secondary N) is 1. The van der Waals surface area contributed by atoms with Crippen molar-refractivity contribution in [3.05, 3.63) is 40.2 Å². The average molecular weight is 237 g/mol. The van der Waals surface area contributed by atoms with Crippen LogP contribution in [0.15, 0.2) is 28.3 Å². The summed E-state index contributed by atoms with van der Waals surface area (Å²) in [7, 11) is 0. The maximum Gasteiger partial charge on any atom is 0.122 e. The zero-order valence-electron chi connectivity index (χ0n) is 9.14. The van der Waals surface area contributed by atoms with Gasteiger partial charge in [-0.3, -0.25) is 10.8 Å². The maximum atomic E-state index is 5.68. The van der Waals surface area contributed by atoms with Crippen LogP contribution in [0.4, 0.5) is 0 Å². The minimum Gasteiger partial charge on any atom is -0.464 e. The smallest absolute Gasteiger partial charge is 0.122 e. The van der Waals surface area contributed by atoms with Gasteiger partial charge in [0.25, 0.3) is 0 Å². The molecule has 0 saturated carbocycles. The Balaban J connectivity index is 2.10. The fourth-order valence-electron chi connectivity index (χ4n) is 1.56. The van der Waals surface area contributed by atoms with Gasteiger partial charge >= 0.3 is 0 Å². The molecule has 4 nitrogen and oxygen atoms in total. The zero-order valence-corrected chi connectivity index (χ0v) is 9.96. The summed E-state index contributed by atoms with van der Waals surface area (Å²) < 4.78 is 5.68. The Kier molecular flexibility index (Phi) is 3.71. The summed E-state index contributed by atoms with van der Waals surface area (Å²) in [4.78, 5) is 5.24. The van der Waals surface area contributed by atoms with E-state index in [1.54, 1.807) is 11.3 Å². The maximum absolute atomic E-state index is 5.68. The van der Waals surface area contributed by atoms with Crippen LogP contribution < -0.4 is 11.3 Å². The van der Waals surface area contributed by atoms with Crippen molar-refractivity contribution in [1.82, 2.24) is 10.4 Å². The van der Waals surface area contributed by atoms with Gasteiger partial charge in [0.1, 0.15) is 11.5 Å². The number of hydrogen-bond acceptors (Lipinski definition) is 5. The lowest BCUT2D eigenvalue weighted by Gasteiger charge is -2.11. The number of hydrogen-bond donors (Lipinski definition) is 2. The summed E-state index contributed by atoms with van der Waals surface area (Å²) in [6, 6.07) is 3.98. The molecule has 0 aliphatic carbocycles. The van der Waals surface area contributed by atoms with Gasteiger partial charge in [-0.2, -0.15) is 0 Å². The molecular weight excluding hydrogens is 222 g/mol. The second kappa shape index (κ2) is 5.25. The summed E-state index contributed by atoms with van der Waals surface area (Å²) >= 11 is 1.63. The molecule has 2 aromatic heterocycles. The van der Waals surface area contributed by atoms with Gasteiger partial charge in [0.2, 0.25) is 0 Å². The average Bonchev–Trinajstić information content (AvgIpc) is 2.96. The number of nitrogens with zero attached hydrogens (tertiary/aromatic N) is 1. The van der Waals surface area contributed by atoms with Crippen LogP contribution in [0.3, 0.4) is 0 Å². The molecule has 1 atom stereocenters. The Morgan fingerprint density at radius 3 is 3.00 bits per heavy atom. The van der Waals surface area contributed by atoms with E-state index in [1.807, 2.05) is 23.8 Å². The van der Waals surface area contributed by atoms with Crippen LogP contribution in [0, 0.1) is 0 Å². The largest absolute Gasteiger partial charge is 0.464 e. The molecule has 5 heteroatoms. The number of aryl methyl sites for hydroxylation is 1. The van der Waals surface area contributed by atoms with E-state index in [4.69, 9.17) is 10.3 Å². The lowest BCUT2D eigenvalue weighted by atomic mass is 10.1. The third-order valence-electron chi connectivity index (χ3n) is 2.46. The van der Waals surface area contributed by atoms with Gasteiger partial charge in [-0.05, 0) is 12.1 Å². The second-order valence-corrected chi connectivity index (χ2v) is 4.52. The molecule has 0 saturated heterocycles. The van der Waals surface area contributed by atoms with Gasteiger partial charge in [-0.1, -0.05) is 6.92 Å². The predicted molar refractivity (Wildman–Crippen MR) is 64.0 cm³/mol. The first-order valence-corrected chi connectivity index (χ1v) is 6.13. The predicted octanol–water partition coefficient (Wildman–Crippen LogP) is 2.05. The Bertz CT molecular complexity index is 424. The highest BCUT2D eigenvalue weighted by atomic mass is 32.1. The lowest BCUT2D eigenvalue weighted by Crippen LogP contribution is -2.29. The fourth-order valence-corrected chi connectivity index (χ4v) is 2.20. The topological polar surface area (TPSA) is 64.1 Å². The SMILES string of the molecule is CCc1ccc(C(Cc2cncs2)NN)o1. The molecule has 2 heterocycles. The Labute approximate surface area is 98.5 Å². The molecular formula is C11H15N3OS. The van der Waals surface area contributed by atoms with Gasteiger partial charge in [0.15, 0.2) is 0 Å². The first-order valence-electron chi connectivity index (χ1n) is 5.25. The Hall–Kier alpha value is -1.17. The van der Waals surface area contributed by atoms with E-state index in [1.165, 1.54) is 4.88 Å². The Morgan fingerprint density at radius 2 is 2.44 bits per heavy atom. The summed E-state index contributed by atoms with van der Waals surface area (Å²) in [5.41, 5.74) is 4.60. The highest BCUT2D eigenvalue weighted by molar-refractivity contribution is 7.09. The van der Waals surface area contributed by atoms with Gasteiger partial charge in [0, 0.05) is 23.9 Å². The minimum absolute atomic E-state index is 0.0146. The quantitative estimate of drug-likeness (QED) is 0.617. The molecule has 1 unspecified atom stereocenters. The third kappa shape index (κ3) is 2.49. The molecule has 0 aliphatic heterocycles. The molecule has 0 aromatic carbocycles. The van der Waals surface area contributed by atoms with Crippen molar-refractivity contribution >= 4 is 11.3 Å². The van der Waals surface area contributed by atoms with E-state index >= 15 is 0 Å². The number of aromatic nitrogens is 1. The molecule has 2 aromatic rings. The zero-order chi connectivity index (χ0) is 11.4. The van der Waals surface area contributed by atoms with Crippen LogP contribution in [-0.2, 0) is 12.8 Å². The normalized spacial score (nSPS) is 12.9. The van der Waals surface area contributed by atoms with Crippen molar-refractivity contribution in [3.63, 3.8) is 0 Å². The summed E-state index contributed by atoms with van der Waals surface area (Å²) in [6.07, 6.45) is 3.56. The van der Waals surface area contributed by atoms with Crippen LogP contribution in [0.2, 0.25) is 0 Å². The highest BCUT2D eigenvalue weighted by Crippen LogP contribution is 2.21. The van der Waals surface area contributed by atoms with E-state index in [2.05, 4.69) is 17.3 Å². The van der Waals surface area contributed by atoms with E-state index in [0.717, 1.165) is 24.4 Å². The molecule has 0 radical (unpaired) electrons. The van der Waals surface area contributed by atoms with Crippen molar-refractivity contribution in [2.75, 3.05) is 0 Å². The first-order chi connectivity index (χ1) is 7.83. The van der Waals surface area contributed by atoms with Crippen molar-refractivity contribution in [3.8, 4) is 0 Å². The lowest BCUT2D eigenvalue weighted by molar-refractivity contribution is 0.397. The fraction of sp³-hybridized carbons (Fsp3) is 0.364. The van der Waals surface area contributed by atoms with Crippen LogP contribution in [0.1, 0.15) is 29.4 Å². The summed E-state index contributed by atoms with van der Waals surface area (Å²) in [5.74, 6) is 7.41. The van der Waals surface area contributed by atoms with Gasteiger partial charge in [-0.25, -0.2) is 5.43 Å². The molecule has 16 heavy (non-hydrogen) atoms.